The first kappa shape index (κ1) is 19.1. The maximum absolute atomic E-state index is 12.7. The normalized spacial score (nSPS) is 13.2. The van der Waals surface area contributed by atoms with Crippen molar-refractivity contribution in [2.75, 3.05) is 12.4 Å². The van der Waals surface area contributed by atoms with E-state index in [-0.39, 0.29) is 12.8 Å². The predicted molar refractivity (Wildman–Crippen MR) is 62.8 cm³/mol. The summed E-state index contributed by atoms with van der Waals surface area (Å²) in [5.74, 6) is -8.89. The number of halogens is 6. The van der Waals surface area contributed by atoms with Gasteiger partial charge in [-0.3, -0.25) is 9.59 Å². The molecule has 0 aliphatic heterocycles. The van der Waals surface area contributed by atoms with Crippen molar-refractivity contribution in [3.05, 3.63) is 0 Å². The molecule has 0 radical (unpaired) electrons. The number of hydrogen-bond acceptors (Lipinski definition) is 2. The highest BCUT2D eigenvalue weighted by molar-refractivity contribution is 6.28. The fourth-order valence-electron chi connectivity index (χ4n) is 1.62. The van der Waals surface area contributed by atoms with Gasteiger partial charge in [-0.15, -0.1) is 11.6 Å². The van der Waals surface area contributed by atoms with E-state index in [9.17, 15) is 31.5 Å². The van der Waals surface area contributed by atoms with Gasteiger partial charge in [-0.1, -0.05) is 13.8 Å². The molecule has 0 heterocycles. The standard InChI is InChI=1S/C11H15ClF5NO2/c1-3-9(4-2,7(19)5-12)6-18-8(20)10(13,14)11(15,16)17/h3-6H2,1-2H3,(H,18,20). The molecular formula is C11H15ClF5NO2. The zero-order chi connectivity index (χ0) is 16.2. The molecule has 0 unspecified atom stereocenters. The number of hydrogen-bond donors (Lipinski definition) is 1. The predicted octanol–water partition coefficient (Wildman–Crippen LogP) is 2.91. The summed E-state index contributed by atoms with van der Waals surface area (Å²) in [4.78, 5) is 22.6. The molecule has 0 rings (SSSR count). The molecule has 0 spiro atoms. The van der Waals surface area contributed by atoms with Crippen LogP contribution in [0.25, 0.3) is 0 Å². The topological polar surface area (TPSA) is 46.2 Å². The van der Waals surface area contributed by atoms with Crippen molar-refractivity contribution >= 4 is 23.3 Å². The summed E-state index contributed by atoms with van der Waals surface area (Å²) in [6.07, 6.45) is -5.66. The molecule has 0 bridgehead atoms. The van der Waals surface area contributed by atoms with Crippen LogP contribution < -0.4 is 5.32 Å². The van der Waals surface area contributed by atoms with Crippen molar-refractivity contribution in [2.24, 2.45) is 5.41 Å². The van der Waals surface area contributed by atoms with E-state index in [1.54, 1.807) is 13.8 Å². The summed E-state index contributed by atoms with van der Waals surface area (Å²) in [5.41, 5.74) is -1.24. The number of rotatable bonds is 7. The molecule has 20 heavy (non-hydrogen) atoms. The molecular weight excluding hydrogens is 309 g/mol. The van der Waals surface area contributed by atoms with Crippen LogP contribution in [0.2, 0.25) is 0 Å². The molecule has 118 valence electrons. The quantitative estimate of drug-likeness (QED) is 0.578. The number of ketones is 1. The van der Waals surface area contributed by atoms with Crippen LogP contribution in [0, 0.1) is 5.41 Å². The second-order valence-electron chi connectivity index (χ2n) is 4.30. The molecule has 0 aliphatic carbocycles. The van der Waals surface area contributed by atoms with Gasteiger partial charge >= 0.3 is 12.1 Å². The van der Waals surface area contributed by atoms with Crippen molar-refractivity contribution in [3.8, 4) is 0 Å². The van der Waals surface area contributed by atoms with Crippen molar-refractivity contribution in [2.45, 2.75) is 38.8 Å². The second kappa shape index (κ2) is 6.69. The molecule has 9 heteroatoms. The van der Waals surface area contributed by atoms with Crippen LogP contribution in [-0.2, 0) is 9.59 Å². The average molecular weight is 324 g/mol. The van der Waals surface area contributed by atoms with Crippen LogP contribution >= 0.6 is 11.6 Å². The van der Waals surface area contributed by atoms with Crippen molar-refractivity contribution in [3.63, 3.8) is 0 Å². The Morgan fingerprint density at radius 2 is 1.50 bits per heavy atom. The third-order valence-electron chi connectivity index (χ3n) is 3.29. The average Bonchev–Trinajstić information content (AvgIpc) is 2.38. The lowest BCUT2D eigenvalue weighted by Gasteiger charge is -2.30. The summed E-state index contributed by atoms with van der Waals surface area (Å²) in [6.45, 7) is 2.50. The Morgan fingerprint density at radius 1 is 1.05 bits per heavy atom. The van der Waals surface area contributed by atoms with E-state index in [2.05, 4.69) is 0 Å². The highest BCUT2D eigenvalue weighted by Gasteiger charge is 2.63. The zero-order valence-electron chi connectivity index (χ0n) is 10.9. The molecule has 1 N–H and O–H groups in total. The third kappa shape index (κ3) is 3.80. The van der Waals surface area contributed by atoms with Crippen LogP contribution in [0.3, 0.4) is 0 Å². The fourth-order valence-corrected chi connectivity index (χ4v) is 1.91. The molecule has 0 atom stereocenters. The smallest absolute Gasteiger partial charge is 0.350 e. The third-order valence-corrected chi connectivity index (χ3v) is 3.54. The maximum atomic E-state index is 12.7. The Hall–Kier alpha value is -0.920. The summed E-state index contributed by atoms with van der Waals surface area (Å²) in [5, 5.41) is 1.50. The van der Waals surface area contributed by atoms with Gasteiger partial charge in [0, 0.05) is 12.0 Å². The fraction of sp³-hybridized carbons (Fsp3) is 0.818. The van der Waals surface area contributed by atoms with E-state index in [0.717, 1.165) is 0 Å². The van der Waals surface area contributed by atoms with E-state index in [1.165, 1.54) is 5.32 Å². The minimum atomic E-state index is -5.98. The van der Waals surface area contributed by atoms with Gasteiger partial charge in [0.25, 0.3) is 5.91 Å². The minimum Gasteiger partial charge on any atom is -0.350 e. The van der Waals surface area contributed by atoms with Gasteiger partial charge in [-0.05, 0) is 12.8 Å². The largest absolute Gasteiger partial charge is 0.463 e. The Labute approximate surface area is 117 Å². The Bertz CT molecular complexity index is 366. The SMILES string of the molecule is CCC(CC)(CNC(=O)C(F)(F)C(F)(F)F)C(=O)CCl. The lowest BCUT2D eigenvalue weighted by Crippen LogP contribution is -2.53. The molecule has 0 aromatic carbocycles. The van der Waals surface area contributed by atoms with Crippen LogP contribution in [0.4, 0.5) is 22.0 Å². The van der Waals surface area contributed by atoms with Gasteiger partial charge in [-0.25, -0.2) is 0 Å². The van der Waals surface area contributed by atoms with Crippen molar-refractivity contribution in [1.82, 2.24) is 5.32 Å². The molecule has 3 nitrogen and oxygen atoms in total. The van der Waals surface area contributed by atoms with Gasteiger partial charge in [-0.2, -0.15) is 22.0 Å². The number of carbonyl (C=O) groups is 2. The van der Waals surface area contributed by atoms with E-state index in [0.29, 0.717) is 0 Å². The number of nitrogens with one attached hydrogen (secondary N) is 1. The van der Waals surface area contributed by atoms with Crippen LogP contribution in [0.5, 0.6) is 0 Å². The van der Waals surface area contributed by atoms with Gasteiger partial charge < -0.3 is 5.32 Å². The first-order chi connectivity index (χ1) is 8.98. The van der Waals surface area contributed by atoms with E-state index < -0.39 is 41.6 Å². The van der Waals surface area contributed by atoms with Gasteiger partial charge in [0.15, 0.2) is 5.78 Å². The molecule has 0 aliphatic rings. The lowest BCUT2D eigenvalue weighted by molar-refractivity contribution is -0.269. The van der Waals surface area contributed by atoms with E-state index >= 15 is 0 Å². The number of amides is 1. The first-order valence-electron chi connectivity index (χ1n) is 5.80. The van der Waals surface area contributed by atoms with Gasteiger partial charge in [0.2, 0.25) is 0 Å². The van der Waals surface area contributed by atoms with E-state index in [4.69, 9.17) is 11.6 Å². The molecule has 0 aromatic heterocycles. The van der Waals surface area contributed by atoms with Gasteiger partial charge in [0.05, 0.1) is 5.88 Å². The number of Topliss-reactive ketones (excluding diaryl/α,β-unsaturated/α-hetero) is 1. The highest BCUT2D eigenvalue weighted by atomic mass is 35.5. The maximum Gasteiger partial charge on any atom is 0.463 e. The van der Waals surface area contributed by atoms with E-state index in [1.807, 2.05) is 0 Å². The van der Waals surface area contributed by atoms with Crippen LogP contribution in [0.15, 0.2) is 0 Å². The molecule has 0 saturated carbocycles. The molecule has 0 fully saturated rings. The minimum absolute atomic E-state index is 0.160. The monoisotopic (exact) mass is 323 g/mol. The van der Waals surface area contributed by atoms with Crippen molar-refractivity contribution < 1.29 is 31.5 Å². The van der Waals surface area contributed by atoms with Crippen LogP contribution in [0.1, 0.15) is 26.7 Å². The molecule has 0 aromatic rings. The first-order valence-corrected chi connectivity index (χ1v) is 6.34. The van der Waals surface area contributed by atoms with Gasteiger partial charge in [0.1, 0.15) is 0 Å². The zero-order valence-corrected chi connectivity index (χ0v) is 11.7. The van der Waals surface area contributed by atoms with Crippen LogP contribution in [-0.4, -0.2) is 36.2 Å². The molecule has 1 amide bonds. The summed E-state index contributed by atoms with van der Waals surface area (Å²) >= 11 is 5.38. The summed E-state index contributed by atoms with van der Waals surface area (Å²) < 4.78 is 61.5. The summed E-state index contributed by atoms with van der Waals surface area (Å²) in [7, 11) is 0. The Kier molecular flexibility index (Phi) is 6.38. The second-order valence-corrected chi connectivity index (χ2v) is 4.57. The Morgan fingerprint density at radius 3 is 1.80 bits per heavy atom. The Balaban J connectivity index is 4.99. The lowest BCUT2D eigenvalue weighted by atomic mass is 9.78. The highest BCUT2D eigenvalue weighted by Crippen LogP contribution is 2.36. The summed E-state index contributed by atoms with van der Waals surface area (Å²) in [6, 6.07) is 0. The van der Waals surface area contributed by atoms with Crippen molar-refractivity contribution in [1.29, 1.82) is 0 Å². The molecule has 0 saturated heterocycles. The number of alkyl halides is 6. The number of carbonyl (C=O) groups excluding carboxylic acids is 2.